The monoisotopic (exact) mass is 287 g/mol. The van der Waals surface area contributed by atoms with E-state index < -0.39 is 23.2 Å². The Morgan fingerprint density at radius 1 is 1.47 bits per heavy atom. The first kappa shape index (κ1) is 13.8. The molecule has 1 atom stereocenters. The normalized spacial score (nSPS) is 22.2. The minimum atomic E-state index is -1.50. The van der Waals surface area contributed by atoms with E-state index in [1.165, 1.54) is 12.1 Å². The van der Waals surface area contributed by atoms with Gasteiger partial charge in [0.1, 0.15) is 5.82 Å². The molecule has 2 rings (SSSR count). The van der Waals surface area contributed by atoms with Crippen LogP contribution >= 0.6 is 11.6 Å². The molecule has 1 aliphatic rings. The lowest BCUT2D eigenvalue weighted by atomic mass is 9.98. The molecule has 0 saturated carbocycles. The van der Waals surface area contributed by atoms with E-state index in [0.29, 0.717) is 0 Å². The second-order valence-electron chi connectivity index (χ2n) is 4.27. The highest BCUT2D eigenvalue weighted by Gasteiger charge is 2.44. The number of carboxylic acids is 1. The molecule has 1 amide bonds. The van der Waals surface area contributed by atoms with E-state index in [0.717, 1.165) is 6.07 Å². The molecule has 1 aromatic carbocycles. The SMILES string of the molecule is O=C(NC1(C(=O)O)CCOC1)c1ccc(Cl)cc1F. The van der Waals surface area contributed by atoms with Crippen LogP contribution in [0.2, 0.25) is 5.02 Å². The summed E-state index contributed by atoms with van der Waals surface area (Å²) in [6, 6.07) is 3.56. The number of hydrogen-bond donors (Lipinski definition) is 2. The molecule has 0 aliphatic carbocycles. The fraction of sp³-hybridized carbons (Fsp3) is 0.333. The molecule has 0 bridgehead atoms. The van der Waals surface area contributed by atoms with Crippen LogP contribution in [0, 0.1) is 5.82 Å². The van der Waals surface area contributed by atoms with E-state index in [-0.39, 0.29) is 30.2 Å². The predicted octanol–water partition coefficient (Wildman–Crippen LogP) is 1.45. The molecule has 0 spiro atoms. The summed E-state index contributed by atoms with van der Waals surface area (Å²) < 4.78 is 18.6. The Morgan fingerprint density at radius 2 is 2.21 bits per heavy atom. The van der Waals surface area contributed by atoms with Crippen molar-refractivity contribution < 1.29 is 23.8 Å². The van der Waals surface area contributed by atoms with Gasteiger partial charge in [-0.3, -0.25) is 4.79 Å². The number of nitrogens with one attached hydrogen (secondary N) is 1. The van der Waals surface area contributed by atoms with Crippen molar-refractivity contribution in [2.75, 3.05) is 13.2 Å². The zero-order valence-electron chi connectivity index (χ0n) is 9.78. The zero-order chi connectivity index (χ0) is 14.0. The van der Waals surface area contributed by atoms with Gasteiger partial charge in [-0.1, -0.05) is 11.6 Å². The lowest BCUT2D eigenvalue weighted by Crippen LogP contribution is -2.55. The average Bonchev–Trinajstić information content (AvgIpc) is 2.78. The molecule has 7 heteroatoms. The zero-order valence-corrected chi connectivity index (χ0v) is 10.5. The third-order valence-corrected chi connectivity index (χ3v) is 3.19. The predicted molar refractivity (Wildman–Crippen MR) is 64.7 cm³/mol. The molecule has 2 N–H and O–H groups in total. The van der Waals surface area contributed by atoms with E-state index in [2.05, 4.69) is 5.32 Å². The molecule has 1 unspecified atom stereocenters. The van der Waals surface area contributed by atoms with E-state index >= 15 is 0 Å². The Balaban J connectivity index is 2.22. The van der Waals surface area contributed by atoms with Gasteiger partial charge in [-0.2, -0.15) is 0 Å². The van der Waals surface area contributed by atoms with Gasteiger partial charge >= 0.3 is 5.97 Å². The molecule has 19 heavy (non-hydrogen) atoms. The Bertz CT molecular complexity index is 528. The number of carbonyl (C=O) groups is 2. The van der Waals surface area contributed by atoms with Gasteiger partial charge in [0.2, 0.25) is 0 Å². The fourth-order valence-electron chi connectivity index (χ4n) is 1.84. The number of aliphatic carboxylic acids is 1. The Labute approximate surface area is 113 Å². The summed E-state index contributed by atoms with van der Waals surface area (Å²) in [5.74, 6) is -2.81. The van der Waals surface area contributed by atoms with E-state index in [1.807, 2.05) is 0 Å². The van der Waals surface area contributed by atoms with Crippen LogP contribution in [0.5, 0.6) is 0 Å². The highest BCUT2D eigenvalue weighted by Crippen LogP contribution is 2.21. The van der Waals surface area contributed by atoms with Crippen molar-refractivity contribution in [3.63, 3.8) is 0 Å². The minimum Gasteiger partial charge on any atom is -0.479 e. The Kier molecular flexibility index (Phi) is 3.73. The van der Waals surface area contributed by atoms with Crippen molar-refractivity contribution in [1.29, 1.82) is 0 Å². The molecule has 1 aromatic rings. The number of benzene rings is 1. The molecule has 1 aliphatic heterocycles. The average molecular weight is 288 g/mol. The number of carboxylic acid groups (broad SMARTS) is 1. The summed E-state index contributed by atoms with van der Waals surface area (Å²) in [4.78, 5) is 23.1. The number of rotatable bonds is 3. The minimum absolute atomic E-state index is 0.136. The smallest absolute Gasteiger partial charge is 0.331 e. The second-order valence-corrected chi connectivity index (χ2v) is 4.70. The number of hydrogen-bond acceptors (Lipinski definition) is 3. The summed E-state index contributed by atoms with van der Waals surface area (Å²) in [7, 11) is 0. The van der Waals surface area contributed by atoms with Crippen LogP contribution in [0.25, 0.3) is 0 Å². The van der Waals surface area contributed by atoms with Crippen molar-refractivity contribution in [2.24, 2.45) is 0 Å². The Morgan fingerprint density at radius 3 is 2.74 bits per heavy atom. The van der Waals surface area contributed by atoms with Gasteiger partial charge in [0, 0.05) is 18.1 Å². The molecule has 1 saturated heterocycles. The van der Waals surface area contributed by atoms with E-state index in [4.69, 9.17) is 21.4 Å². The van der Waals surface area contributed by atoms with Crippen LogP contribution in [-0.2, 0) is 9.53 Å². The highest BCUT2D eigenvalue weighted by molar-refractivity contribution is 6.30. The maximum absolute atomic E-state index is 13.6. The standard InChI is InChI=1S/C12H11ClFNO4/c13-7-1-2-8(9(14)5-7)10(16)15-12(11(17)18)3-4-19-6-12/h1-2,5H,3-4,6H2,(H,15,16)(H,17,18). The molecule has 102 valence electrons. The maximum Gasteiger partial charge on any atom is 0.331 e. The lowest BCUT2D eigenvalue weighted by molar-refractivity contribution is -0.144. The molecule has 5 nitrogen and oxygen atoms in total. The van der Waals surface area contributed by atoms with E-state index in [1.54, 1.807) is 0 Å². The first-order valence-electron chi connectivity index (χ1n) is 5.53. The maximum atomic E-state index is 13.6. The topological polar surface area (TPSA) is 75.6 Å². The van der Waals surface area contributed by atoms with Crippen LogP contribution in [-0.4, -0.2) is 35.7 Å². The van der Waals surface area contributed by atoms with Gasteiger partial charge in [0.15, 0.2) is 5.54 Å². The summed E-state index contributed by atoms with van der Waals surface area (Å²) in [5.41, 5.74) is -1.75. The third-order valence-electron chi connectivity index (χ3n) is 2.96. The lowest BCUT2D eigenvalue weighted by Gasteiger charge is -2.23. The summed E-state index contributed by atoms with van der Waals surface area (Å²) in [5, 5.41) is 11.6. The number of carbonyl (C=O) groups excluding carboxylic acids is 1. The van der Waals surface area contributed by atoms with Crippen molar-refractivity contribution in [3.05, 3.63) is 34.6 Å². The largest absolute Gasteiger partial charge is 0.479 e. The van der Waals surface area contributed by atoms with Crippen molar-refractivity contribution in [2.45, 2.75) is 12.0 Å². The van der Waals surface area contributed by atoms with Gasteiger partial charge in [0.05, 0.1) is 12.2 Å². The van der Waals surface area contributed by atoms with Crippen LogP contribution in [0.15, 0.2) is 18.2 Å². The summed E-state index contributed by atoms with van der Waals surface area (Å²) in [6.45, 7) is 0.0962. The number of ether oxygens (including phenoxy) is 1. The van der Waals surface area contributed by atoms with Gasteiger partial charge in [0.25, 0.3) is 5.91 Å². The first-order valence-corrected chi connectivity index (χ1v) is 5.91. The van der Waals surface area contributed by atoms with Crippen molar-refractivity contribution in [3.8, 4) is 0 Å². The van der Waals surface area contributed by atoms with Gasteiger partial charge < -0.3 is 15.2 Å². The number of halogens is 2. The first-order chi connectivity index (χ1) is 8.94. The van der Waals surface area contributed by atoms with Crippen LogP contribution < -0.4 is 5.32 Å². The molecule has 0 radical (unpaired) electrons. The van der Waals surface area contributed by atoms with E-state index in [9.17, 15) is 14.0 Å². The number of amides is 1. The molecular formula is C12H11ClFNO4. The molecular weight excluding hydrogens is 277 g/mol. The molecule has 0 aromatic heterocycles. The van der Waals surface area contributed by atoms with Crippen LogP contribution in [0.1, 0.15) is 16.8 Å². The van der Waals surface area contributed by atoms with Gasteiger partial charge in [-0.15, -0.1) is 0 Å². The third kappa shape index (κ3) is 2.69. The highest BCUT2D eigenvalue weighted by atomic mass is 35.5. The summed E-state index contributed by atoms with van der Waals surface area (Å²) in [6.07, 6.45) is 0.142. The van der Waals surface area contributed by atoms with Crippen molar-refractivity contribution >= 4 is 23.5 Å². The van der Waals surface area contributed by atoms with Crippen LogP contribution in [0.4, 0.5) is 4.39 Å². The van der Waals surface area contributed by atoms with Gasteiger partial charge in [-0.05, 0) is 18.2 Å². The van der Waals surface area contributed by atoms with Gasteiger partial charge in [-0.25, -0.2) is 9.18 Å². The second kappa shape index (κ2) is 5.14. The summed E-state index contributed by atoms with van der Waals surface area (Å²) >= 11 is 5.58. The van der Waals surface area contributed by atoms with Crippen molar-refractivity contribution in [1.82, 2.24) is 5.32 Å². The van der Waals surface area contributed by atoms with Crippen LogP contribution in [0.3, 0.4) is 0 Å². The Hall–Kier alpha value is -1.66. The quantitative estimate of drug-likeness (QED) is 0.882. The molecule has 1 heterocycles. The fourth-order valence-corrected chi connectivity index (χ4v) is 2.00. The molecule has 1 fully saturated rings.